The third-order valence-electron chi connectivity index (χ3n) is 5.04. The minimum absolute atomic E-state index is 0.162. The van der Waals surface area contributed by atoms with E-state index < -0.39 is 5.91 Å². The number of carbonyl (C=O) groups is 2. The molecule has 2 amide bonds. The molecule has 3 rings (SSSR count). The lowest BCUT2D eigenvalue weighted by atomic mass is 10.0. The average molecular weight is 396 g/mol. The van der Waals surface area contributed by atoms with Crippen LogP contribution in [0.5, 0.6) is 11.5 Å². The van der Waals surface area contributed by atoms with E-state index in [1.165, 1.54) is 25.7 Å². The van der Waals surface area contributed by atoms with Crippen LogP contribution in [0.2, 0.25) is 0 Å². The van der Waals surface area contributed by atoms with Crippen LogP contribution in [0.1, 0.15) is 44.1 Å². The van der Waals surface area contributed by atoms with Crippen molar-refractivity contribution in [3.05, 3.63) is 60.2 Å². The van der Waals surface area contributed by atoms with E-state index in [1.54, 1.807) is 24.3 Å². The standard InChI is InChI=1S/C23H28N2O4/c26-22(15-10-18-6-4-5-7-18)24-25-23(27)17-29-21-13-11-20(12-14-21)28-16-19-8-2-1-3-9-19/h1-3,8-9,11-14,18H,4-7,10,15-17H2,(H,24,26)(H,25,27). The lowest BCUT2D eigenvalue weighted by molar-refractivity contribution is -0.130. The molecule has 0 bridgehead atoms. The first-order chi connectivity index (χ1) is 14.2. The van der Waals surface area contributed by atoms with Crippen LogP contribution >= 0.6 is 0 Å². The lowest BCUT2D eigenvalue weighted by Gasteiger charge is -2.11. The maximum Gasteiger partial charge on any atom is 0.276 e. The molecule has 2 aromatic carbocycles. The second-order valence-electron chi connectivity index (χ2n) is 7.32. The molecule has 154 valence electrons. The van der Waals surface area contributed by atoms with Gasteiger partial charge in [-0.15, -0.1) is 0 Å². The molecule has 0 heterocycles. The Morgan fingerprint density at radius 1 is 0.828 bits per heavy atom. The summed E-state index contributed by atoms with van der Waals surface area (Å²) >= 11 is 0. The predicted molar refractivity (Wildman–Crippen MR) is 110 cm³/mol. The summed E-state index contributed by atoms with van der Waals surface area (Å²) in [5.74, 6) is 1.37. The maximum atomic E-state index is 11.8. The summed E-state index contributed by atoms with van der Waals surface area (Å²) in [5.41, 5.74) is 5.93. The molecule has 29 heavy (non-hydrogen) atoms. The maximum absolute atomic E-state index is 11.8. The summed E-state index contributed by atoms with van der Waals surface area (Å²) in [6.07, 6.45) is 6.28. The van der Waals surface area contributed by atoms with E-state index in [1.807, 2.05) is 30.3 Å². The number of hydrazine groups is 1. The first kappa shape index (κ1) is 20.7. The molecule has 6 heteroatoms. The molecule has 0 aliphatic heterocycles. The predicted octanol–water partition coefficient (Wildman–Crippen LogP) is 3.76. The molecule has 1 saturated carbocycles. The van der Waals surface area contributed by atoms with Gasteiger partial charge in [0.2, 0.25) is 5.91 Å². The van der Waals surface area contributed by atoms with Gasteiger partial charge in [-0.2, -0.15) is 0 Å². The van der Waals surface area contributed by atoms with Crippen LogP contribution in [0.15, 0.2) is 54.6 Å². The van der Waals surface area contributed by atoms with Crippen molar-refractivity contribution in [1.82, 2.24) is 10.9 Å². The van der Waals surface area contributed by atoms with Crippen molar-refractivity contribution < 1.29 is 19.1 Å². The van der Waals surface area contributed by atoms with E-state index in [2.05, 4.69) is 10.9 Å². The monoisotopic (exact) mass is 396 g/mol. The van der Waals surface area contributed by atoms with Crippen LogP contribution in [0.3, 0.4) is 0 Å². The summed E-state index contributed by atoms with van der Waals surface area (Å²) in [5, 5.41) is 0. The Balaban J connectivity index is 1.30. The molecule has 0 aromatic heterocycles. The van der Waals surface area contributed by atoms with Crippen molar-refractivity contribution >= 4 is 11.8 Å². The Kier molecular flexibility index (Phi) is 7.92. The fourth-order valence-corrected chi connectivity index (χ4v) is 3.39. The minimum Gasteiger partial charge on any atom is -0.489 e. The zero-order chi connectivity index (χ0) is 20.3. The number of ether oxygens (including phenoxy) is 2. The van der Waals surface area contributed by atoms with E-state index in [9.17, 15) is 9.59 Å². The molecule has 2 aromatic rings. The highest BCUT2D eigenvalue weighted by Gasteiger charge is 2.16. The fourth-order valence-electron chi connectivity index (χ4n) is 3.39. The van der Waals surface area contributed by atoms with Crippen LogP contribution in [-0.2, 0) is 16.2 Å². The van der Waals surface area contributed by atoms with Gasteiger partial charge in [0, 0.05) is 6.42 Å². The van der Waals surface area contributed by atoms with Gasteiger partial charge in [0.1, 0.15) is 18.1 Å². The summed E-state index contributed by atoms with van der Waals surface area (Å²) < 4.78 is 11.2. The Labute approximate surface area is 171 Å². The summed E-state index contributed by atoms with van der Waals surface area (Å²) in [4.78, 5) is 23.6. The van der Waals surface area contributed by atoms with Crippen molar-refractivity contribution in [3.8, 4) is 11.5 Å². The molecule has 0 radical (unpaired) electrons. The Morgan fingerprint density at radius 3 is 2.14 bits per heavy atom. The van der Waals surface area contributed by atoms with Crippen LogP contribution in [-0.4, -0.2) is 18.4 Å². The Bertz CT molecular complexity index is 771. The van der Waals surface area contributed by atoms with E-state index in [0.717, 1.165) is 17.7 Å². The molecule has 0 spiro atoms. The van der Waals surface area contributed by atoms with Gasteiger partial charge in [0.05, 0.1) is 0 Å². The fraction of sp³-hybridized carbons (Fsp3) is 0.391. The quantitative estimate of drug-likeness (QED) is 0.633. The highest BCUT2D eigenvalue weighted by atomic mass is 16.5. The molecule has 0 saturated heterocycles. The molecule has 0 atom stereocenters. The van der Waals surface area contributed by atoms with Crippen LogP contribution in [0, 0.1) is 5.92 Å². The van der Waals surface area contributed by atoms with E-state index >= 15 is 0 Å². The smallest absolute Gasteiger partial charge is 0.276 e. The van der Waals surface area contributed by atoms with Crippen molar-refractivity contribution in [3.63, 3.8) is 0 Å². The Hall–Kier alpha value is -3.02. The number of carbonyl (C=O) groups excluding carboxylic acids is 2. The van der Waals surface area contributed by atoms with Crippen molar-refractivity contribution in [1.29, 1.82) is 0 Å². The van der Waals surface area contributed by atoms with Gasteiger partial charge in [-0.05, 0) is 42.2 Å². The van der Waals surface area contributed by atoms with Gasteiger partial charge in [-0.1, -0.05) is 56.0 Å². The van der Waals surface area contributed by atoms with E-state index in [0.29, 0.717) is 24.7 Å². The third-order valence-corrected chi connectivity index (χ3v) is 5.04. The van der Waals surface area contributed by atoms with Crippen LogP contribution < -0.4 is 20.3 Å². The van der Waals surface area contributed by atoms with Gasteiger partial charge in [0.25, 0.3) is 5.91 Å². The van der Waals surface area contributed by atoms with Crippen LogP contribution in [0.25, 0.3) is 0 Å². The van der Waals surface area contributed by atoms with Gasteiger partial charge in [-0.25, -0.2) is 0 Å². The van der Waals surface area contributed by atoms with E-state index in [4.69, 9.17) is 9.47 Å². The number of hydrogen-bond acceptors (Lipinski definition) is 4. The third kappa shape index (κ3) is 7.49. The highest BCUT2D eigenvalue weighted by Crippen LogP contribution is 2.28. The normalized spacial score (nSPS) is 13.7. The molecule has 2 N–H and O–H groups in total. The Morgan fingerprint density at radius 2 is 1.45 bits per heavy atom. The SMILES string of the molecule is O=C(CCC1CCCC1)NNC(=O)COc1ccc(OCc2ccccc2)cc1. The largest absolute Gasteiger partial charge is 0.489 e. The van der Waals surface area contributed by atoms with Gasteiger partial charge < -0.3 is 9.47 Å². The molecule has 0 unspecified atom stereocenters. The minimum atomic E-state index is -0.399. The first-order valence-corrected chi connectivity index (χ1v) is 10.2. The summed E-state index contributed by atoms with van der Waals surface area (Å²) in [7, 11) is 0. The van der Waals surface area contributed by atoms with Gasteiger partial charge >= 0.3 is 0 Å². The van der Waals surface area contributed by atoms with Gasteiger partial charge in [0.15, 0.2) is 6.61 Å². The van der Waals surface area contributed by atoms with Crippen LogP contribution in [0.4, 0.5) is 0 Å². The molecule has 6 nitrogen and oxygen atoms in total. The number of nitrogens with one attached hydrogen (secondary N) is 2. The lowest BCUT2D eigenvalue weighted by Crippen LogP contribution is -2.43. The summed E-state index contributed by atoms with van der Waals surface area (Å²) in [6, 6.07) is 17.0. The topological polar surface area (TPSA) is 76.7 Å². The molecule has 1 aliphatic rings. The highest BCUT2D eigenvalue weighted by molar-refractivity contribution is 5.82. The molecular formula is C23H28N2O4. The molecule has 1 fully saturated rings. The van der Waals surface area contributed by atoms with Crippen molar-refractivity contribution in [2.75, 3.05) is 6.61 Å². The second kappa shape index (κ2) is 11.1. The van der Waals surface area contributed by atoms with E-state index in [-0.39, 0.29) is 12.5 Å². The second-order valence-corrected chi connectivity index (χ2v) is 7.32. The molecular weight excluding hydrogens is 368 g/mol. The molecule has 1 aliphatic carbocycles. The zero-order valence-electron chi connectivity index (χ0n) is 16.6. The summed E-state index contributed by atoms with van der Waals surface area (Å²) in [6.45, 7) is 0.316. The zero-order valence-corrected chi connectivity index (χ0v) is 16.6. The van der Waals surface area contributed by atoms with Gasteiger partial charge in [-0.3, -0.25) is 20.4 Å². The number of hydrogen-bond donors (Lipinski definition) is 2. The average Bonchev–Trinajstić information content (AvgIpc) is 3.28. The van der Waals surface area contributed by atoms with Crippen molar-refractivity contribution in [2.24, 2.45) is 5.92 Å². The number of rotatable bonds is 9. The number of amides is 2. The van der Waals surface area contributed by atoms with Crippen molar-refractivity contribution in [2.45, 2.75) is 45.1 Å². The number of benzene rings is 2. The first-order valence-electron chi connectivity index (χ1n) is 10.2.